The molecule has 21 heavy (non-hydrogen) atoms. The Morgan fingerprint density at radius 2 is 1.76 bits per heavy atom. The van der Waals surface area contributed by atoms with Gasteiger partial charge in [-0.05, 0) is 13.0 Å². The first kappa shape index (κ1) is 15.2. The number of hydrogen-bond acceptors (Lipinski definition) is 5. The van der Waals surface area contributed by atoms with Gasteiger partial charge in [-0.15, -0.1) is 0 Å². The van der Waals surface area contributed by atoms with E-state index in [1.54, 1.807) is 21.3 Å². The van der Waals surface area contributed by atoms with Gasteiger partial charge >= 0.3 is 0 Å². The number of rotatable bonds is 7. The molecule has 0 spiro atoms. The Labute approximate surface area is 124 Å². The van der Waals surface area contributed by atoms with Gasteiger partial charge < -0.3 is 19.5 Å². The summed E-state index contributed by atoms with van der Waals surface area (Å²) in [5.74, 6) is 2.10. The second kappa shape index (κ2) is 6.99. The van der Waals surface area contributed by atoms with Crippen LogP contribution in [0.3, 0.4) is 0 Å². The van der Waals surface area contributed by atoms with Gasteiger partial charge in [0.2, 0.25) is 0 Å². The summed E-state index contributed by atoms with van der Waals surface area (Å²) in [6, 6.07) is 3.94. The van der Waals surface area contributed by atoms with Gasteiger partial charge in [-0.1, -0.05) is 0 Å². The molecule has 114 valence electrons. The highest BCUT2D eigenvalue weighted by atomic mass is 16.5. The van der Waals surface area contributed by atoms with Crippen LogP contribution in [-0.4, -0.2) is 31.5 Å². The molecule has 0 fully saturated rings. The van der Waals surface area contributed by atoms with E-state index < -0.39 is 0 Å². The minimum absolute atomic E-state index is 0.182. The summed E-state index contributed by atoms with van der Waals surface area (Å²) < 4.78 is 16.0. The number of hydrogen-bond donors (Lipinski definition) is 2. The normalized spacial score (nSPS) is 12.0. The van der Waals surface area contributed by atoms with E-state index in [4.69, 9.17) is 14.2 Å². The zero-order chi connectivity index (χ0) is 15.2. The fourth-order valence-corrected chi connectivity index (χ4v) is 2.11. The Morgan fingerprint density at radius 1 is 1.10 bits per heavy atom. The monoisotopic (exact) mass is 291 g/mol. The van der Waals surface area contributed by atoms with E-state index in [1.807, 2.05) is 24.5 Å². The molecule has 1 aromatic carbocycles. The first-order valence-electron chi connectivity index (χ1n) is 6.70. The van der Waals surface area contributed by atoms with E-state index in [0.29, 0.717) is 18.0 Å². The Morgan fingerprint density at radius 3 is 2.33 bits per heavy atom. The third-order valence-electron chi connectivity index (χ3n) is 3.40. The molecule has 1 heterocycles. The molecular weight excluding hydrogens is 270 g/mol. The number of aromatic amines is 1. The van der Waals surface area contributed by atoms with Crippen molar-refractivity contribution < 1.29 is 14.2 Å². The number of methoxy groups -OCH3 is 3. The summed E-state index contributed by atoms with van der Waals surface area (Å²) in [6.07, 6.45) is 3.69. The lowest BCUT2D eigenvalue weighted by Gasteiger charge is -2.16. The van der Waals surface area contributed by atoms with Crippen molar-refractivity contribution in [2.45, 2.75) is 19.5 Å². The molecule has 0 bridgehead atoms. The molecule has 2 aromatic rings. The SMILES string of the molecule is COc1cc(OC)c(OC)cc1CNC(C)c1cn[nH]c1. The second-order valence-electron chi connectivity index (χ2n) is 4.65. The van der Waals surface area contributed by atoms with Gasteiger partial charge in [0.25, 0.3) is 0 Å². The molecule has 0 aliphatic heterocycles. The molecule has 0 radical (unpaired) electrons. The molecule has 0 saturated heterocycles. The van der Waals surface area contributed by atoms with E-state index in [9.17, 15) is 0 Å². The molecule has 2 N–H and O–H groups in total. The van der Waals surface area contributed by atoms with Crippen LogP contribution in [-0.2, 0) is 6.54 Å². The van der Waals surface area contributed by atoms with Gasteiger partial charge in [-0.2, -0.15) is 5.10 Å². The lowest BCUT2D eigenvalue weighted by molar-refractivity contribution is 0.346. The Hall–Kier alpha value is -2.21. The van der Waals surface area contributed by atoms with Crippen LogP contribution < -0.4 is 19.5 Å². The van der Waals surface area contributed by atoms with Crippen molar-refractivity contribution in [1.29, 1.82) is 0 Å². The third kappa shape index (κ3) is 3.46. The van der Waals surface area contributed by atoms with E-state index in [1.165, 1.54) is 0 Å². The van der Waals surface area contributed by atoms with E-state index in [0.717, 1.165) is 16.9 Å². The van der Waals surface area contributed by atoms with Crippen molar-refractivity contribution in [3.05, 3.63) is 35.7 Å². The van der Waals surface area contributed by atoms with Crippen LogP contribution in [0.25, 0.3) is 0 Å². The predicted molar refractivity (Wildman–Crippen MR) is 79.9 cm³/mol. The first-order chi connectivity index (χ1) is 10.2. The van der Waals surface area contributed by atoms with Crippen LogP contribution >= 0.6 is 0 Å². The molecule has 1 unspecified atom stereocenters. The Balaban J connectivity index is 2.15. The number of aromatic nitrogens is 2. The highest BCUT2D eigenvalue weighted by Gasteiger charge is 2.13. The summed E-state index contributed by atoms with van der Waals surface area (Å²) in [4.78, 5) is 0. The Bertz CT molecular complexity index is 570. The molecule has 0 aliphatic carbocycles. The summed E-state index contributed by atoms with van der Waals surface area (Å²) in [7, 11) is 4.87. The molecule has 6 nitrogen and oxygen atoms in total. The minimum Gasteiger partial charge on any atom is -0.496 e. The van der Waals surface area contributed by atoms with Crippen LogP contribution in [0.15, 0.2) is 24.5 Å². The summed E-state index contributed by atoms with van der Waals surface area (Å²) in [6.45, 7) is 2.73. The van der Waals surface area contributed by atoms with Crippen molar-refractivity contribution in [2.24, 2.45) is 0 Å². The fraction of sp³-hybridized carbons (Fsp3) is 0.400. The first-order valence-corrected chi connectivity index (χ1v) is 6.70. The number of benzene rings is 1. The maximum Gasteiger partial charge on any atom is 0.164 e. The smallest absolute Gasteiger partial charge is 0.164 e. The largest absolute Gasteiger partial charge is 0.496 e. The average molecular weight is 291 g/mol. The Kier molecular flexibility index (Phi) is 5.05. The standard InChI is InChI=1S/C15H21N3O3/c1-10(12-8-17-18-9-12)16-7-11-5-14(20-3)15(21-4)6-13(11)19-2/h5-6,8-10,16H,7H2,1-4H3,(H,17,18). The number of ether oxygens (including phenoxy) is 3. The minimum atomic E-state index is 0.182. The lowest BCUT2D eigenvalue weighted by Crippen LogP contribution is -2.18. The van der Waals surface area contributed by atoms with Gasteiger partial charge in [0, 0.05) is 36.0 Å². The predicted octanol–water partition coefficient (Wildman–Crippen LogP) is 2.29. The highest BCUT2D eigenvalue weighted by Crippen LogP contribution is 2.34. The van der Waals surface area contributed by atoms with Crippen LogP contribution in [0, 0.1) is 0 Å². The van der Waals surface area contributed by atoms with Crippen molar-refractivity contribution in [3.63, 3.8) is 0 Å². The number of H-pyrrole nitrogens is 1. The van der Waals surface area contributed by atoms with Gasteiger partial charge in [-0.25, -0.2) is 0 Å². The summed E-state index contributed by atoms with van der Waals surface area (Å²) in [5.41, 5.74) is 2.11. The van der Waals surface area contributed by atoms with E-state index in [-0.39, 0.29) is 6.04 Å². The quantitative estimate of drug-likeness (QED) is 0.819. The maximum absolute atomic E-state index is 5.42. The number of nitrogens with one attached hydrogen (secondary N) is 2. The van der Waals surface area contributed by atoms with Gasteiger partial charge in [-0.3, -0.25) is 5.10 Å². The zero-order valence-corrected chi connectivity index (χ0v) is 12.8. The second-order valence-corrected chi connectivity index (χ2v) is 4.65. The molecule has 0 amide bonds. The van der Waals surface area contributed by atoms with Crippen LogP contribution in [0.2, 0.25) is 0 Å². The zero-order valence-electron chi connectivity index (χ0n) is 12.8. The van der Waals surface area contributed by atoms with E-state index in [2.05, 4.69) is 22.4 Å². The molecule has 6 heteroatoms. The lowest BCUT2D eigenvalue weighted by atomic mass is 10.1. The fourth-order valence-electron chi connectivity index (χ4n) is 2.11. The molecule has 1 aromatic heterocycles. The average Bonchev–Trinajstić information content (AvgIpc) is 3.06. The van der Waals surface area contributed by atoms with Gasteiger partial charge in [0.1, 0.15) is 5.75 Å². The van der Waals surface area contributed by atoms with Gasteiger partial charge in [0.15, 0.2) is 11.5 Å². The van der Waals surface area contributed by atoms with Gasteiger partial charge in [0.05, 0.1) is 27.5 Å². The topological polar surface area (TPSA) is 68.4 Å². The third-order valence-corrected chi connectivity index (χ3v) is 3.40. The molecule has 1 atom stereocenters. The molecule has 0 aliphatic rings. The van der Waals surface area contributed by atoms with Crippen LogP contribution in [0.1, 0.15) is 24.1 Å². The van der Waals surface area contributed by atoms with Crippen LogP contribution in [0.5, 0.6) is 17.2 Å². The van der Waals surface area contributed by atoms with Crippen molar-refractivity contribution in [2.75, 3.05) is 21.3 Å². The van der Waals surface area contributed by atoms with Crippen LogP contribution in [0.4, 0.5) is 0 Å². The highest BCUT2D eigenvalue weighted by molar-refractivity contribution is 5.50. The summed E-state index contributed by atoms with van der Waals surface area (Å²) >= 11 is 0. The summed E-state index contributed by atoms with van der Waals surface area (Å²) in [5, 5.41) is 10.2. The van der Waals surface area contributed by atoms with Crippen molar-refractivity contribution in [3.8, 4) is 17.2 Å². The van der Waals surface area contributed by atoms with Crippen molar-refractivity contribution in [1.82, 2.24) is 15.5 Å². The van der Waals surface area contributed by atoms with E-state index >= 15 is 0 Å². The molecule has 0 saturated carbocycles. The number of nitrogens with zero attached hydrogens (tertiary/aromatic N) is 1. The molecule has 2 rings (SSSR count). The maximum atomic E-state index is 5.42. The van der Waals surface area contributed by atoms with Crippen molar-refractivity contribution >= 4 is 0 Å². The molecular formula is C15H21N3O3.